The van der Waals surface area contributed by atoms with Gasteiger partial charge in [0, 0.05) is 0 Å². The van der Waals surface area contributed by atoms with E-state index in [2.05, 4.69) is 27.7 Å². The number of rotatable bonds is 20. The van der Waals surface area contributed by atoms with Gasteiger partial charge in [0.1, 0.15) is 24.7 Å². The molecule has 0 atom stereocenters. The lowest BCUT2D eigenvalue weighted by Crippen LogP contribution is -2.12. The van der Waals surface area contributed by atoms with E-state index >= 15 is 0 Å². The van der Waals surface area contributed by atoms with Crippen molar-refractivity contribution in [3.63, 3.8) is 0 Å². The molecule has 0 heterocycles. The van der Waals surface area contributed by atoms with Crippen molar-refractivity contribution in [1.29, 1.82) is 0 Å². The molecule has 0 saturated heterocycles. The molecule has 39 heavy (non-hydrogen) atoms. The van der Waals surface area contributed by atoms with Crippen molar-refractivity contribution in [1.82, 2.24) is 0 Å². The molecule has 0 spiro atoms. The molecule has 2 aromatic carbocycles. The van der Waals surface area contributed by atoms with Gasteiger partial charge in [-0.05, 0) is 97.9 Å². The molecule has 0 fully saturated rings. The van der Waals surface area contributed by atoms with E-state index in [-0.39, 0.29) is 26.4 Å². The summed E-state index contributed by atoms with van der Waals surface area (Å²) in [5.41, 5.74) is 3.55. The number of aliphatic hydroxyl groups is 2. The van der Waals surface area contributed by atoms with Crippen LogP contribution in [-0.4, -0.2) is 45.1 Å². The van der Waals surface area contributed by atoms with E-state index in [1.54, 1.807) is 24.3 Å². The van der Waals surface area contributed by atoms with Crippen molar-refractivity contribution in [2.24, 2.45) is 0 Å². The van der Waals surface area contributed by atoms with Gasteiger partial charge >= 0.3 is 0 Å². The summed E-state index contributed by atoms with van der Waals surface area (Å²) in [5, 5.41) is 18.8. The fourth-order valence-electron chi connectivity index (χ4n) is 4.77. The number of hydrogen-bond donors (Lipinski definition) is 2. The first-order valence-electron chi connectivity index (χ1n) is 14.9. The van der Waals surface area contributed by atoms with Crippen LogP contribution in [-0.2, 0) is 35.5 Å². The van der Waals surface area contributed by atoms with Crippen molar-refractivity contribution < 1.29 is 28.1 Å². The molecule has 0 amide bonds. The third kappa shape index (κ3) is 9.51. The summed E-state index contributed by atoms with van der Waals surface area (Å²) in [7, 11) is -3.81. The second kappa shape index (κ2) is 17.6. The van der Waals surface area contributed by atoms with Gasteiger partial charge in [-0.1, -0.05) is 53.4 Å². The highest BCUT2D eigenvalue weighted by molar-refractivity contribution is 7.91. The maximum Gasteiger partial charge on any atom is 0.206 e. The summed E-state index contributed by atoms with van der Waals surface area (Å²) in [4.78, 5) is 0.589. The predicted molar refractivity (Wildman–Crippen MR) is 158 cm³/mol. The summed E-state index contributed by atoms with van der Waals surface area (Å²) < 4.78 is 40.4. The van der Waals surface area contributed by atoms with Gasteiger partial charge in [-0.25, -0.2) is 8.42 Å². The third-order valence-corrected chi connectivity index (χ3v) is 8.64. The summed E-state index contributed by atoms with van der Waals surface area (Å²) in [6, 6.07) is 7.11. The number of sulfone groups is 1. The summed E-state index contributed by atoms with van der Waals surface area (Å²) in [5.74, 6) is 1.45. The molecule has 0 aliphatic rings. The Kier molecular flexibility index (Phi) is 14.9. The van der Waals surface area contributed by atoms with Crippen LogP contribution in [0.15, 0.2) is 34.1 Å². The number of aryl methyl sites for hydroxylation is 4. The number of ether oxygens (including phenoxy) is 2. The van der Waals surface area contributed by atoms with Gasteiger partial charge in [-0.3, -0.25) is 0 Å². The Balaban J connectivity index is 2.73. The Morgan fingerprint density at radius 1 is 0.564 bits per heavy atom. The molecule has 220 valence electrons. The topological polar surface area (TPSA) is 93.1 Å². The summed E-state index contributed by atoms with van der Waals surface area (Å²) in [6.45, 7) is 8.64. The lowest BCUT2D eigenvalue weighted by Gasteiger charge is -2.20. The minimum atomic E-state index is -3.81. The Morgan fingerprint density at radius 2 is 0.846 bits per heavy atom. The van der Waals surface area contributed by atoms with Gasteiger partial charge < -0.3 is 19.7 Å². The van der Waals surface area contributed by atoms with Crippen molar-refractivity contribution >= 4 is 9.84 Å². The zero-order valence-electron chi connectivity index (χ0n) is 24.6. The average molecular weight is 563 g/mol. The molecule has 6 nitrogen and oxygen atoms in total. The number of hydrogen-bond acceptors (Lipinski definition) is 6. The van der Waals surface area contributed by atoms with E-state index in [0.717, 1.165) is 111 Å². The number of aliphatic hydroxyl groups excluding tert-OH is 2. The summed E-state index contributed by atoms with van der Waals surface area (Å²) in [6.07, 6.45) is 10.5. The van der Waals surface area contributed by atoms with Crippen LogP contribution in [0.4, 0.5) is 0 Å². The minimum absolute atomic E-state index is 0.0910. The first-order valence-corrected chi connectivity index (χ1v) is 16.4. The zero-order valence-corrected chi connectivity index (χ0v) is 25.4. The fourth-order valence-corrected chi connectivity index (χ4v) is 6.23. The maximum absolute atomic E-state index is 14.2. The van der Waals surface area contributed by atoms with E-state index in [1.807, 2.05) is 0 Å². The molecular weight excluding hydrogens is 512 g/mol. The molecule has 2 aromatic rings. The Bertz CT molecular complexity index is 970. The Hall–Kier alpha value is -2.09. The molecule has 2 rings (SSSR count). The lowest BCUT2D eigenvalue weighted by molar-refractivity contribution is 0.199. The van der Waals surface area contributed by atoms with Crippen LogP contribution in [0.25, 0.3) is 0 Å². The first-order chi connectivity index (χ1) is 18.9. The van der Waals surface area contributed by atoms with Crippen LogP contribution in [0.3, 0.4) is 0 Å². The van der Waals surface area contributed by atoms with E-state index in [4.69, 9.17) is 9.47 Å². The van der Waals surface area contributed by atoms with Gasteiger partial charge in [0.25, 0.3) is 0 Å². The van der Waals surface area contributed by atoms with Crippen molar-refractivity contribution in [3.05, 3.63) is 46.5 Å². The minimum Gasteiger partial charge on any atom is -0.491 e. The highest BCUT2D eigenvalue weighted by atomic mass is 32.2. The fraction of sp³-hybridized carbons (Fsp3) is 0.625. The monoisotopic (exact) mass is 562 g/mol. The largest absolute Gasteiger partial charge is 0.491 e. The Labute approximate surface area is 236 Å². The molecule has 0 aliphatic heterocycles. The Morgan fingerprint density at radius 3 is 1.08 bits per heavy atom. The quantitative estimate of drug-likeness (QED) is 0.188. The van der Waals surface area contributed by atoms with Gasteiger partial charge in [0.05, 0.1) is 23.0 Å². The molecule has 2 N–H and O–H groups in total. The van der Waals surface area contributed by atoms with Crippen LogP contribution >= 0.6 is 0 Å². The normalized spacial score (nSPS) is 11.6. The van der Waals surface area contributed by atoms with Gasteiger partial charge in [-0.2, -0.15) is 0 Å². The third-order valence-electron chi connectivity index (χ3n) is 6.93. The van der Waals surface area contributed by atoms with Crippen LogP contribution in [0.5, 0.6) is 11.5 Å². The molecule has 0 bridgehead atoms. The SMILES string of the molecule is CCCCc1cc(S(=O)(=O)c2cc(CCCC)c(OCCO)c(CCCC)c2)cc(CCCC)c1OCCO. The maximum atomic E-state index is 14.2. The van der Waals surface area contributed by atoms with E-state index in [1.165, 1.54) is 0 Å². The van der Waals surface area contributed by atoms with Crippen molar-refractivity contribution in [2.75, 3.05) is 26.4 Å². The second-order valence-electron chi connectivity index (χ2n) is 10.2. The van der Waals surface area contributed by atoms with Gasteiger partial charge in [-0.15, -0.1) is 0 Å². The van der Waals surface area contributed by atoms with Crippen LogP contribution in [0.2, 0.25) is 0 Å². The second-order valence-corrected chi connectivity index (χ2v) is 12.2. The smallest absolute Gasteiger partial charge is 0.206 e. The molecule has 7 heteroatoms. The first kappa shape index (κ1) is 33.1. The van der Waals surface area contributed by atoms with Gasteiger partial charge in [0.2, 0.25) is 9.84 Å². The van der Waals surface area contributed by atoms with Gasteiger partial charge in [0.15, 0.2) is 0 Å². The lowest BCUT2D eigenvalue weighted by atomic mass is 10.00. The van der Waals surface area contributed by atoms with E-state index in [9.17, 15) is 18.6 Å². The van der Waals surface area contributed by atoms with Crippen molar-refractivity contribution in [2.45, 2.75) is 115 Å². The molecular formula is C32H50O6S. The molecule has 0 radical (unpaired) electrons. The van der Waals surface area contributed by atoms with Crippen LogP contribution in [0.1, 0.15) is 101 Å². The molecule has 0 unspecified atom stereocenters. The number of unbranched alkanes of at least 4 members (excludes halogenated alkanes) is 4. The number of benzene rings is 2. The zero-order chi connectivity index (χ0) is 28.7. The van der Waals surface area contributed by atoms with Crippen LogP contribution < -0.4 is 9.47 Å². The summed E-state index contributed by atoms with van der Waals surface area (Å²) >= 11 is 0. The van der Waals surface area contributed by atoms with E-state index in [0.29, 0.717) is 9.79 Å². The van der Waals surface area contributed by atoms with E-state index < -0.39 is 9.84 Å². The molecule has 0 saturated carbocycles. The standard InChI is InChI=1S/C32H50O6S/c1-5-9-13-25-21-29(22-26(14-10-6-2)31(25)37-19-17-33)39(35,36)30-23-27(15-11-7-3)32(38-20-18-34)28(24-30)16-12-8-4/h21-24,33-34H,5-20H2,1-4H3. The average Bonchev–Trinajstić information content (AvgIpc) is 2.94. The van der Waals surface area contributed by atoms with Crippen LogP contribution in [0, 0.1) is 0 Å². The highest BCUT2D eigenvalue weighted by Gasteiger charge is 2.25. The molecule has 0 aliphatic carbocycles. The predicted octanol–water partition coefficient (Wildman–Crippen LogP) is 6.63. The van der Waals surface area contributed by atoms with Crippen molar-refractivity contribution in [3.8, 4) is 11.5 Å². The molecule has 0 aromatic heterocycles. The highest BCUT2D eigenvalue weighted by Crippen LogP contribution is 2.36.